The number of carbonyl (C=O) groups is 1. The number of benzene rings is 2. The summed E-state index contributed by atoms with van der Waals surface area (Å²) in [5.74, 6) is 0.928. The van der Waals surface area contributed by atoms with Crippen molar-refractivity contribution in [3.05, 3.63) is 65.4 Å². The van der Waals surface area contributed by atoms with Crippen LogP contribution in [0.3, 0.4) is 0 Å². The second-order valence-corrected chi connectivity index (χ2v) is 6.93. The predicted molar refractivity (Wildman–Crippen MR) is 106 cm³/mol. The van der Waals surface area contributed by atoms with Gasteiger partial charge in [0.2, 0.25) is 5.91 Å². The van der Waals surface area contributed by atoms with Gasteiger partial charge >= 0.3 is 0 Å². The zero-order chi connectivity index (χ0) is 18.5. The van der Waals surface area contributed by atoms with Gasteiger partial charge in [0.15, 0.2) is 5.16 Å². The number of thioether (sulfide) groups is 1. The van der Waals surface area contributed by atoms with Crippen LogP contribution in [0.15, 0.2) is 60.0 Å². The molecule has 0 saturated heterocycles. The molecule has 5 nitrogen and oxygen atoms in total. The van der Waals surface area contributed by atoms with Gasteiger partial charge in [-0.2, -0.15) is 0 Å². The quantitative estimate of drug-likeness (QED) is 0.629. The van der Waals surface area contributed by atoms with E-state index in [1.54, 1.807) is 19.4 Å². The van der Waals surface area contributed by atoms with Gasteiger partial charge in [-0.3, -0.25) is 9.36 Å². The lowest BCUT2D eigenvalue weighted by Crippen LogP contribution is -2.14. The standard InChI is InChI=1S/C19H18ClN3O2S/c1-13-3-4-14(11-17(13)20)22-18(24)12-26-19-21-9-10-23(19)15-5-7-16(25-2)8-6-15/h3-11H,12H2,1-2H3,(H,22,24). The molecular formula is C19H18ClN3O2S. The minimum Gasteiger partial charge on any atom is -0.497 e. The Hall–Kier alpha value is -2.44. The predicted octanol–water partition coefficient (Wildman–Crippen LogP) is 4.57. The van der Waals surface area contributed by atoms with E-state index < -0.39 is 0 Å². The largest absolute Gasteiger partial charge is 0.497 e. The average Bonchev–Trinajstić information content (AvgIpc) is 3.12. The van der Waals surface area contributed by atoms with E-state index in [0.717, 1.165) is 22.2 Å². The van der Waals surface area contributed by atoms with Crippen molar-refractivity contribution in [3.8, 4) is 11.4 Å². The van der Waals surface area contributed by atoms with Gasteiger partial charge in [-0.25, -0.2) is 4.98 Å². The molecule has 0 saturated carbocycles. The number of carbonyl (C=O) groups excluding carboxylic acids is 1. The molecule has 3 rings (SSSR count). The number of hydrogen-bond donors (Lipinski definition) is 1. The van der Waals surface area contributed by atoms with E-state index in [9.17, 15) is 4.79 Å². The Kier molecular flexibility index (Phi) is 5.85. The highest BCUT2D eigenvalue weighted by molar-refractivity contribution is 7.99. The van der Waals surface area contributed by atoms with E-state index in [2.05, 4.69) is 10.3 Å². The molecule has 0 aliphatic heterocycles. The van der Waals surface area contributed by atoms with E-state index in [0.29, 0.717) is 10.7 Å². The summed E-state index contributed by atoms with van der Waals surface area (Å²) in [7, 11) is 1.63. The molecule has 0 fully saturated rings. The molecule has 0 atom stereocenters. The fourth-order valence-corrected chi connectivity index (χ4v) is 3.29. The maximum Gasteiger partial charge on any atom is 0.234 e. The van der Waals surface area contributed by atoms with Crippen LogP contribution in [0.1, 0.15) is 5.56 Å². The van der Waals surface area contributed by atoms with Gasteiger partial charge in [0.1, 0.15) is 5.75 Å². The molecule has 2 aromatic carbocycles. The highest BCUT2D eigenvalue weighted by Gasteiger charge is 2.10. The third-order valence-electron chi connectivity index (χ3n) is 3.75. The van der Waals surface area contributed by atoms with Crippen LogP contribution in [0.4, 0.5) is 5.69 Å². The van der Waals surface area contributed by atoms with Crippen LogP contribution in [0.2, 0.25) is 5.02 Å². The summed E-state index contributed by atoms with van der Waals surface area (Å²) in [6.07, 6.45) is 3.58. The summed E-state index contributed by atoms with van der Waals surface area (Å²) in [4.78, 5) is 16.5. The number of ether oxygens (including phenoxy) is 1. The Morgan fingerprint density at radius 2 is 2.04 bits per heavy atom. The van der Waals surface area contributed by atoms with Gasteiger partial charge in [-0.15, -0.1) is 0 Å². The molecule has 1 amide bonds. The molecule has 26 heavy (non-hydrogen) atoms. The summed E-state index contributed by atoms with van der Waals surface area (Å²) in [6.45, 7) is 1.92. The molecule has 0 radical (unpaired) electrons. The number of amides is 1. The number of aromatic nitrogens is 2. The topological polar surface area (TPSA) is 56.2 Å². The summed E-state index contributed by atoms with van der Waals surface area (Å²) < 4.78 is 7.11. The number of aryl methyl sites for hydroxylation is 1. The molecule has 0 unspecified atom stereocenters. The third-order valence-corrected chi connectivity index (χ3v) is 5.12. The number of nitrogens with one attached hydrogen (secondary N) is 1. The van der Waals surface area contributed by atoms with Crippen LogP contribution >= 0.6 is 23.4 Å². The van der Waals surface area contributed by atoms with E-state index >= 15 is 0 Å². The van der Waals surface area contributed by atoms with Crippen LogP contribution in [-0.2, 0) is 4.79 Å². The molecule has 1 heterocycles. The minimum absolute atomic E-state index is 0.112. The maximum absolute atomic E-state index is 12.2. The smallest absolute Gasteiger partial charge is 0.234 e. The van der Waals surface area contributed by atoms with Crippen LogP contribution in [-0.4, -0.2) is 28.3 Å². The van der Waals surface area contributed by atoms with Gasteiger partial charge in [0, 0.05) is 28.8 Å². The Morgan fingerprint density at radius 1 is 1.27 bits per heavy atom. The number of methoxy groups -OCH3 is 1. The monoisotopic (exact) mass is 387 g/mol. The van der Waals surface area contributed by atoms with Gasteiger partial charge in [-0.1, -0.05) is 29.4 Å². The van der Waals surface area contributed by atoms with E-state index in [1.807, 2.05) is 54.1 Å². The first-order chi connectivity index (χ1) is 12.6. The zero-order valence-corrected chi connectivity index (χ0v) is 16.0. The molecular weight excluding hydrogens is 370 g/mol. The van der Waals surface area contributed by atoms with E-state index in [-0.39, 0.29) is 11.7 Å². The van der Waals surface area contributed by atoms with Gasteiger partial charge in [0.05, 0.1) is 12.9 Å². The van der Waals surface area contributed by atoms with Crippen LogP contribution in [0, 0.1) is 6.92 Å². The van der Waals surface area contributed by atoms with Crippen LogP contribution < -0.4 is 10.1 Å². The second-order valence-electron chi connectivity index (χ2n) is 5.58. The average molecular weight is 388 g/mol. The molecule has 134 valence electrons. The fraction of sp³-hybridized carbons (Fsp3) is 0.158. The highest BCUT2D eigenvalue weighted by Crippen LogP contribution is 2.23. The lowest BCUT2D eigenvalue weighted by atomic mass is 10.2. The maximum atomic E-state index is 12.2. The van der Waals surface area contributed by atoms with Crippen molar-refractivity contribution in [3.63, 3.8) is 0 Å². The first-order valence-corrected chi connectivity index (χ1v) is 9.30. The fourth-order valence-electron chi connectivity index (χ4n) is 2.33. The van der Waals surface area contributed by atoms with Crippen molar-refractivity contribution in [2.24, 2.45) is 0 Å². The van der Waals surface area contributed by atoms with Crippen molar-refractivity contribution < 1.29 is 9.53 Å². The zero-order valence-electron chi connectivity index (χ0n) is 14.4. The first-order valence-electron chi connectivity index (χ1n) is 7.93. The SMILES string of the molecule is COc1ccc(-n2ccnc2SCC(=O)Nc2ccc(C)c(Cl)c2)cc1. The highest BCUT2D eigenvalue weighted by atomic mass is 35.5. The normalized spacial score (nSPS) is 10.6. The molecule has 0 spiro atoms. The Balaban J connectivity index is 1.63. The van der Waals surface area contributed by atoms with Gasteiger partial charge in [-0.05, 0) is 48.9 Å². The summed E-state index contributed by atoms with van der Waals surface area (Å²) >= 11 is 7.46. The molecule has 0 aliphatic carbocycles. The third kappa shape index (κ3) is 4.39. The Labute approximate surface area is 161 Å². The first kappa shape index (κ1) is 18.4. The van der Waals surface area contributed by atoms with E-state index in [4.69, 9.17) is 16.3 Å². The summed E-state index contributed by atoms with van der Waals surface area (Å²) in [5, 5.41) is 4.22. The van der Waals surface area contributed by atoms with Crippen molar-refractivity contribution in [1.82, 2.24) is 9.55 Å². The molecule has 7 heteroatoms. The van der Waals surface area contributed by atoms with Crippen LogP contribution in [0.25, 0.3) is 5.69 Å². The number of anilines is 1. The molecule has 3 aromatic rings. The van der Waals surface area contributed by atoms with Crippen molar-refractivity contribution in [2.45, 2.75) is 12.1 Å². The van der Waals surface area contributed by atoms with Gasteiger partial charge < -0.3 is 10.1 Å². The lowest BCUT2D eigenvalue weighted by molar-refractivity contribution is -0.113. The number of rotatable bonds is 6. The van der Waals surface area contributed by atoms with Crippen molar-refractivity contribution in [2.75, 3.05) is 18.2 Å². The Bertz CT molecular complexity index is 909. The molecule has 1 aromatic heterocycles. The lowest BCUT2D eigenvalue weighted by Gasteiger charge is -2.09. The number of halogens is 1. The van der Waals surface area contributed by atoms with E-state index in [1.165, 1.54) is 11.8 Å². The minimum atomic E-state index is -0.112. The van der Waals surface area contributed by atoms with Gasteiger partial charge in [0.25, 0.3) is 0 Å². The van der Waals surface area contributed by atoms with Crippen LogP contribution in [0.5, 0.6) is 5.75 Å². The molecule has 0 aliphatic rings. The Morgan fingerprint density at radius 3 is 2.73 bits per heavy atom. The van der Waals surface area contributed by atoms with Crippen molar-refractivity contribution >= 4 is 35.0 Å². The number of imidazole rings is 1. The molecule has 0 bridgehead atoms. The second kappa shape index (κ2) is 8.29. The van der Waals surface area contributed by atoms with Crippen molar-refractivity contribution in [1.29, 1.82) is 0 Å². The number of nitrogens with zero attached hydrogens (tertiary/aromatic N) is 2. The summed E-state index contributed by atoms with van der Waals surface area (Å²) in [5.41, 5.74) is 2.61. The molecule has 1 N–H and O–H groups in total. The number of hydrogen-bond acceptors (Lipinski definition) is 4. The summed E-state index contributed by atoms with van der Waals surface area (Å²) in [6, 6.07) is 13.1.